The molecule has 0 aliphatic rings. The molecule has 0 aliphatic carbocycles. The molecule has 0 unspecified atom stereocenters. The maximum atomic E-state index is 9.06. The predicted molar refractivity (Wildman–Crippen MR) is 153 cm³/mol. The van der Waals surface area contributed by atoms with Gasteiger partial charge in [-0.25, -0.2) is 0 Å². The smallest absolute Gasteiger partial charge is 0.0701 e. The fourth-order valence-electron chi connectivity index (χ4n) is 5.17. The average Bonchev–Trinajstić information content (AvgIpc) is 3.00. The van der Waals surface area contributed by atoms with E-state index in [2.05, 4.69) is 23.2 Å². The highest BCUT2D eigenvalue weighted by Gasteiger charge is 2.17. The maximum Gasteiger partial charge on any atom is 0.0701 e. The van der Waals surface area contributed by atoms with E-state index in [4.69, 9.17) is 5.48 Å². The van der Waals surface area contributed by atoms with Gasteiger partial charge in [0.25, 0.3) is 0 Å². The molecule has 7 rings (SSSR count). The summed E-state index contributed by atoms with van der Waals surface area (Å²) in [6, 6.07) is 35.7. The lowest BCUT2D eigenvalue weighted by Crippen LogP contribution is -1.91. The first kappa shape index (κ1) is 16.8. The van der Waals surface area contributed by atoms with Crippen LogP contribution in [0.25, 0.3) is 65.8 Å². The second-order valence-corrected chi connectivity index (χ2v) is 8.81. The van der Waals surface area contributed by atoms with E-state index in [1.165, 1.54) is 0 Å². The van der Waals surface area contributed by atoms with Gasteiger partial charge in [-0.15, -0.1) is 0 Å². The van der Waals surface area contributed by atoms with E-state index in [0.717, 1.165) is 38.7 Å². The van der Waals surface area contributed by atoms with E-state index in [1.807, 2.05) is 66.7 Å². The molecule has 36 heavy (non-hydrogen) atoms. The van der Waals surface area contributed by atoms with E-state index in [0.29, 0.717) is 27.1 Å². The van der Waals surface area contributed by atoms with Crippen molar-refractivity contribution >= 4 is 32.3 Å². The minimum atomic E-state index is 0.285. The topological polar surface area (TPSA) is 12.9 Å². The summed E-state index contributed by atoms with van der Waals surface area (Å²) in [7, 11) is 0. The molecule has 0 N–H and O–H groups in total. The Morgan fingerprint density at radius 3 is 1.69 bits per heavy atom. The summed E-state index contributed by atoms with van der Waals surface area (Å²) < 4.78 is 36.2. The van der Waals surface area contributed by atoms with Crippen molar-refractivity contribution in [3.05, 3.63) is 140 Å². The molecule has 6 aromatic carbocycles. The van der Waals surface area contributed by atoms with Gasteiger partial charge in [-0.3, -0.25) is 4.98 Å². The van der Waals surface area contributed by atoms with Crippen molar-refractivity contribution in [2.24, 2.45) is 0 Å². The van der Waals surface area contributed by atoms with Crippen molar-refractivity contribution in [2.75, 3.05) is 0 Å². The quantitative estimate of drug-likeness (QED) is 0.239. The number of fused-ring (bicyclic) bond motifs is 3. The Balaban J connectivity index is 1.66. The number of aromatic nitrogens is 1. The zero-order chi connectivity index (χ0) is 27.4. The molecule has 1 heteroatoms. The molecule has 0 spiro atoms. The van der Waals surface area contributed by atoms with Gasteiger partial charge >= 0.3 is 0 Å². The third-order valence-corrected chi connectivity index (χ3v) is 6.77. The fourth-order valence-corrected chi connectivity index (χ4v) is 5.17. The molecule has 0 amide bonds. The van der Waals surface area contributed by atoms with Gasteiger partial charge in [0.1, 0.15) is 0 Å². The minimum absolute atomic E-state index is 0.285. The lowest BCUT2D eigenvalue weighted by molar-refractivity contribution is 1.33. The van der Waals surface area contributed by atoms with Crippen LogP contribution in [0.2, 0.25) is 0 Å². The monoisotopic (exact) mass is 461 g/mol. The molecule has 0 radical (unpaired) electrons. The summed E-state index contributed by atoms with van der Waals surface area (Å²) in [5.41, 5.74) is 4.98. The first-order chi connectivity index (χ1) is 19.5. The highest BCUT2D eigenvalue weighted by atomic mass is 14.7. The van der Waals surface area contributed by atoms with Crippen LogP contribution in [0.3, 0.4) is 0 Å². The van der Waals surface area contributed by atoms with E-state index in [-0.39, 0.29) is 24.2 Å². The first-order valence-electron chi connectivity index (χ1n) is 14.0. The molecule has 1 aromatic heterocycles. The van der Waals surface area contributed by atoms with Crippen molar-refractivity contribution in [2.45, 2.75) is 0 Å². The van der Waals surface area contributed by atoms with Crippen molar-refractivity contribution in [3.63, 3.8) is 0 Å². The molecule has 0 fully saturated rings. The van der Waals surface area contributed by atoms with Crippen molar-refractivity contribution < 1.29 is 5.48 Å². The minimum Gasteiger partial charge on any atom is -0.256 e. The average molecular weight is 462 g/mol. The van der Waals surface area contributed by atoms with E-state index in [1.54, 1.807) is 30.5 Å². The van der Waals surface area contributed by atoms with Crippen LogP contribution in [0.5, 0.6) is 0 Å². The molecule has 0 bridgehead atoms. The van der Waals surface area contributed by atoms with Crippen LogP contribution < -0.4 is 0 Å². The Bertz CT molecular complexity index is 2010. The molecule has 7 aromatic rings. The van der Waals surface area contributed by atoms with Crippen LogP contribution in [0.4, 0.5) is 0 Å². The number of benzene rings is 6. The summed E-state index contributed by atoms with van der Waals surface area (Å²) in [5, 5.41) is 4.54. The third kappa shape index (κ3) is 3.29. The van der Waals surface area contributed by atoms with Gasteiger partial charge < -0.3 is 0 Å². The highest BCUT2D eigenvalue weighted by molar-refractivity contribution is 6.23. The molecule has 0 atom stereocenters. The van der Waals surface area contributed by atoms with Crippen molar-refractivity contribution in [1.82, 2.24) is 4.98 Å². The molecular formula is C35H23N. The van der Waals surface area contributed by atoms with Gasteiger partial charge in [-0.05, 0) is 66.7 Å². The summed E-state index contributed by atoms with van der Waals surface area (Å²) in [6.45, 7) is 0. The molecule has 0 aliphatic heterocycles. The zero-order valence-corrected chi connectivity index (χ0v) is 19.4. The summed E-state index contributed by atoms with van der Waals surface area (Å²) in [5.74, 6) is 0. The Labute approximate surface area is 215 Å². The molecule has 0 saturated heterocycles. The van der Waals surface area contributed by atoms with E-state index >= 15 is 0 Å². The number of hydrogen-bond acceptors (Lipinski definition) is 1. The van der Waals surface area contributed by atoms with Crippen LogP contribution in [-0.2, 0) is 0 Å². The van der Waals surface area contributed by atoms with Crippen LogP contribution >= 0.6 is 0 Å². The van der Waals surface area contributed by atoms with Crippen LogP contribution in [-0.4, -0.2) is 4.98 Å². The Kier molecular flexibility index (Phi) is 3.96. The molecular weight excluding hydrogens is 434 g/mol. The van der Waals surface area contributed by atoms with E-state index < -0.39 is 0 Å². The lowest BCUT2D eigenvalue weighted by Gasteiger charge is -2.19. The first-order valence-corrected chi connectivity index (χ1v) is 12.0. The van der Waals surface area contributed by atoms with Crippen molar-refractivity contribution in [3.8, 4) is 33.5 Å². The summed E-state index contributed by atoms with van der Waals surface area (Å²) in [6.07, 6.45) is 1.76. The van der Waals surface area contributed by atoms with Gasteiger partial charge in [0.2, 0.25) is 0 Å². The van der Waals surface area contributed by atoms with Gasteiger partial charge in [-0.2, -0.15) is 0 Å². The Morgan fingerprint density at radius 1 is 0.444 bits per heavy atom. The predicted octanol–water partition coefficient (Wildman–Crippen LogP) is 9.54. The van der Waals surface area contributed by atoms with Gasteiger partial charge in [-0.1, -0.05) is 121 Å². The normalized spacial score (nSPS) is 12.9. The number of rotatable bonds is 3. The van der Waals surface area contributed by atoms with Gasteiger partial charge in [0, 0.05) is 11.8 Å². The molecule has 168 valence electrons. The lowest BCUT2D eigenvalue weighted by atomic mass is 9.84. The Morgan fingerprint density at radius 2 is 1.03 bits per heavy atom. The second kappa shape index (κ2) is 8.48. The summed E-state index contributed by atoms with van der Waals surface area (Å²) in [4.78, 5) is 4.46. The highest BCUT2D eigenvalue weighted by Crippen LogP contribution is 2.45. The molecule has 1 nitrogen and oxygen atoms in total. The zero-order valence-electron chi connectivity index (χ0n) is 23.4. The van der Waals surface area contributed by atoms with Crippen LogP contribution in [0.15, 0.2) is 140 Å². The maximum absolute atomic E-state index is 9.06. The summed E-state index contributed by atoms with van der Waals surface area (Å²) >= 11 is 0. The van der Waals surface area contributed by atoms with Gasteiger partial charge in [0.05, 0.1) is 11.2 Å². The Hall–Kier alpha value is -4.75. The fraction of sp³-hybridized carbons (Fsp3) is 0. The second-order valence-electron chi connectivity index (χ2n) is 8.81. The van der Waals surface area contributed by atoms with Crippen molar-refractivity contribution in [1.29, 1.82) is 0 Å². The largest absolute Gasteiger partial charge is 0.256 e. The van der Waals surface area contributed by atoms with Crippen LogP contribution in [0.1, 0.15) is 5.48 Å². The van der Waals surface area contributed by atoms with Gasteiger partial charge in [0.15, 0.2) is 0 Å². The number of hydrogen-bond donors (Lipinski definition) is 0. The third-order valence-electron chi connectivity index (χ3n) is 6.77. The number of pyridine rings is 1. The molecule has 1 heterocycles. The molecule has 0 saturated carbocycles. The van der Waals surface area contributed by atoms with E-state index in [9.17, 15) is 0 Å². The SMILES string of the molecule is [2H]c1ccc([2H])c2c(-c3cccc4ccccc34)c3c([2H])ccc([2H])c3c(-c3ccc(-c4ccccn4)cc3)c12. The standard InChI is InChI=1S/C35H23N/c1-2-12-27-24(10-1)11-9-17-28(27)35-31-15-5-3-13-29(31)34(30-14-4-6-16-32(30)35)26-21-19-25(20-22-26)33-18-7-8-23-36-33/h1-23H/i13D,14D,15D,16D. The van der Waals surface area contributed by atoms with Crippen LogP contribution in [0, 0.1) is 0 Å². The number of nitrogens with zero attached hydrogens (tertiary/aromatic N) is 1.